The molecular weight excluding hydrogens is 457 g/mol. The van der Waals surface area contributed by atoms with Gasteiger partial charge in [0.05, 0.1) is 16.3 Å². The number of benzene rings is 1. The fourth-order valence-electron chi connectivity index (χ4n) is 4.30. The van der Waals surface area contributed by atoms with Crippen LogP contribution in [-0.4, -0.2) is 15.8 Å². The van der Waals surface area contributed by atoms with E-state index < -0.39 is 23.0 Å². The van der Waals surface area contributed by atoms with Gasteiger partial charge in [0.15, 0.2) is 5.78 Å². The van der Waals surface area contributed by atoms with Crippen LogP contribution in [0.25, 0.3) is 0 Å². The van der Waals surface area contributed by atoms with Gasteiger partial charge in [-0.1, -0.05) is 6.07 Å². The van der Waals surface area contributed by atoms with Crippen molar-refractivity contribution >= 4 is 27.5 Å². The van der Waals surface area contributed by atoms with Gasteiger partial charge in [-0.15, -0.1) is 0 Å². The molecule has 7 nitrogen and oxygen atoms in total. The van der Waals surface area contributed by atoms with E-state index in [-0.39, 0.29) is 34.0 Å². The summed E-state index contributed by atoms with van der Waals surface area (Å²) in [5.74, 6) is -0.547. The first-order valence-corrected chi connectivity index (χ1v) is 10.1. The minimum Gasteiger partial charge on any atom is -0.469 e. The fourth-order valence-corrected chi connectivity index (χ4v) is 4.70. The van der Waals surface area contributed by atoms with Gasteiger partial charge in [0.25, 0.3) is 5.56 Å². The molecule has 1 aromatic carbocycles. The molecule has 1 aliphatic carbocycles. The summed E-state index contributed by atoms with van der Waals surface area (Å²) in [6.07, 6.45) is 2.26. The average molecular weight is 472 g/mol. The van der Waals surface area contributed by atoms with Crippen LogP contribution in [0.5, 0.6) is 0 Å². The van der Waals surface area contributed by atoms with Crippen LogP contribution in [-0.2, 0) is 4.79 Å². The zero-order chi connectivity index (χ0) is 21.0. The summed E-state index contributed by atoms with van der Waals surface area (Å²) in [6, 6.07) is 7.96. The molecule has 0 saturated heterocycles. The van der Waals surface area contributed by atoms with Gasteiger partial charge in [-0.05, 0) is 52.2 Å². The third-order valence-electron chi connectivity index (χ3n) is 5.56. The predicted octanol–water partition coefficient (Wildman–Crippen LogP) is 3.52. The molecule has 0 fully saturated rings. The van der Waals surface area contributed by atoms with Gasteiger partial charge in [-0.25, -0.2) is 9.18 Å². The zero-order valence-electron chi connectivity index (χ0n) is 15.4. The summed E-state index contributed by atoms with van der Waals surface area (Å²) in [5, 5.41) is 3.08. The maximum absolute atomic E-state index is 13.8. The first-order chi connectivity index (χ1) is 14.4. The molecule has 3 N–H and O–H groups in total. The first kappa shape index (κ1) is 18.8. The summed E-state index contributed by atoms with van der Waals surface area (Å²) >= 11 is 3.17. The Morgan fingerprint density at radius 3 is 2.67 bits per heavy atom. The molecule has 0 bridgehead atoms. The van der Waals surface area contributed by atoms with Crippen molar-refractivity contribution in [2.75, 3.05) is 5.32 Å². The number of hydrogen-bond donors (Lipinski definition) is 3. The number of carbonyl (C=O) groups excluding carboxylic acids is 1. The monoisotopic (exact) mass is 471 g/mol. The van der Waals surface area contributed by atoms with E-state index in [0.717, 1.165) is 0 Å². The third-order valence-corrected chi connectivity index (χ3v) is 6.17. The van der Waals surface area contributed by atoms with Gasteiger partial charge in [0.1, 0.15) is 17.4 Å². The smallest absolute Gasteiger partial charge is 0.327 e. The second-order valence-corrected chi connectivity index (χ2v) is 8.22. The molecule has 2 aromatic heterocycles. The normalized spacial score (nSPS) is 20.5. The number of fused-ring (bicyclic) bond motifs is 1. The second kappa shape index (κ2) is 6.94. The highest BCUT2D eigenvalue weighted by Gasteiger charge is 2.40. The van der Waals surface area contributed by atoms with Crippen LogP contribution in [0.2, 0.25) is 0 Å². The molecule has 9 heteroatoms. The van der Waals surface area contributed by atoms with Crippen molar-refractivity contribution in [3.05, 3.63) is 95.9 Å². The topological polar surface area (TPSA) is 108 Å². The quantitative estimate of drug-likeness (QED) is 0.529. The molecule has 3 heterocycles. The first-order valence-electron chi connectivity index (χ1n) is 9.30. The number of nitrogens with one attached hydrogen (secondary N) is 3. The van der Waals surface area contributed by atoms with Gasteiger partial charge < -0.3 is 9.73 Å². The maximum Gasteiger partial charge on any atom is 0.327 e. The lowest BCUT2D eigenvalue weighted by Gasteiger charge is -2.35. The lowest BCUT2D eigenvalue weighted by Crippen LogP contribution is -2.37. The molecule has 5 rings (SSSR count). The molecule has 3 aromatic rings. The summed E-state index contributed by atoms with van der Waals surface area (Å²) in [6.45, 7) is 0. The number of furan rings is 1. The SMILES string of the molecule is O=C1C[C@H](c2ccco2)CC2=C1[C@H](c1ccc(F)c(Br)c1)c1c([nH]c(=O)[nH]c1=O)N2. The van der Waals surface area contributed by atoms with Gasteiger partial charge in [-0.2, -0.15) is 0 Å². The van der Waals surface area contributed by atoms with E-state index in [2.05, 4.69) is 31.2 Å². The Morgan fingerprint density at radius 2 is 1.93 bits per heavy atom. The number of Topliss-reactive ketones (excluding diaryl/α,β-unsaturated/α-hetero) is 1. The molecule has 0 unspecified atom stereocenters. The summed E-state index contributed by atoms with van der Waals surface area (Å²) in [7, 11) is 0. The molecular formula is C21H15BrFN3O4. The lowest BCUT2D eigenvalue weighted by atomic mass is 9.73. The molecule has 30 heavy (non-hydrogen) atoms. The van der Waals surface area contributed by atoms with Crippen LogP contribution >= 0.6 is 15.9 Å². The Bertz CT molecular complexity index is 1320. The number of halogens is 2. The molecule has 1 aliphatic heterocycles. The van der Waals surface area contributed by atoms with Crippen molar-refractivity contribution in [2.45, 2.75) is 24.7 Å². The van der Waals surface area contributed by atoms with E-state index >= 15 is 0 Å². The number of carbonyl (C=O) groups is 1. The zero-order valence-corrected chi connectivity index (χ0v) is 17.0. The number of aromatic amines is 2. The van der Waals surface area contributed by atoms with E-state index in [1.807, 2.05) is 6.07 Å². The van der Waals surface area contributed by atoms with Crippen LogP contribution in [0.1, 0.15) is 41.6 Å². The van der Waals surface area contributed by atoms with Crippen molar-refractivity contribution in [1.29, 1.82) is 0 Å². The molecule has 0 saturated carbocycles. The minimum atomic E-state index is -0.737. The number of anilines is 1. The maximum atomic E-state index is 13.8. The number of hydrogen-bond acceptors (Lipinski definition) is 5. The Hall–Kier alpha value is -3.20. The van der Waals surface area contributed by atoms with Crippen LogP contribution in [0, 0.1) is 5.82 Å². The minimum absolute atomic E-state index is 0.133. The van der Waals surface area contributed by atoms with Crippen LogP contribution in [0.4, 0.5) is 10.2 Å². The molecule has 0 spiro atoms. The van der Waals surface area contributed by atoms with Crippen molar-refractivity contribution in [1.82, 2.24) is 9.97 Å². The summed E-state index contributed by atoms with van der Waals surface area (Å²) < 4.78 is 19.6. The third kappa shape index (κ3) is 2.97. The number of ketones is 1. The van der Waals surface area contributed by atoms with Crippen LogP contribution in [0.3, 0.4) is 0 Å². The van der Waals surface area contributed by atoms with E-state index in [1.54, 1.807) is 24.5 Å². The lowest BCUT2D eigenvalue weighted by molar-refractivity contribution is -0.116. The van der Waals surface area contributed by atoms with Crippen LogP contribution in [0.15, 0.2) is 66.3 Å². The van der Waals surface area contributed by atoms with Gasteiger partial charge in [-0.3, -0.25) is 19.6 Å². The highest BCUT2D eigenvalue weighted by Crippen LogP contribution is 2.46. The van der Waals surface area contributed by atoms with E-state index in [9.17, 15) is 18.8 Å². The molecule has 152 valence electrons. The Balaban J connectivity index is 1.72. The molecule has 2 atom stereocenters. The number of aromatic nitrogens is 2. The Morgan fingerprint density at radius 1 is 1.10 bits per heavy atom. The predicted molar refractivity (Wildman–Crippen MR) is 110 cm³/mol. The summed E-state index contributed by atoms with van der Waals surface area (Å²) in [4.78, 5) is 42.7. The summed E-state index contributed by atoms with van der Waals surface area (Å²) in [5.41, 5.74) is 0.601. The van der Waals surface area contributed by atoms with Crippen molar-refractivity contribution in [3.63, 3.8) is 0 Å². The number of H-pyrrole nitrogens is 2. The second-order valence-electron chi connectivity index (χ2n) is 7.36. The Kier molecular flexibility index (Phi) is 4.35. The molecule has 0 amide bonds. The number of allylic oxidation sites excluding steroid dienone is 2. The average Bonchev–Trinajstić information content (AvgIpc) is 3.23. The molecule has 0 radical (unpaired) electrons. The Labute approximate surface area is 177 Å². The van der Waals surface area contributed by atoms with E-state index in [4.69, 9.17) is 4.42 Å². The standard InChI is InChI=1S/C21H15BrFN3O4/c22-11-6-9(3-4-12(11)23)16-17-13(24-19-18(16)20(28)26-21(29)25-19)7-10(8-14(17)27)15-2-1-5-30-15/h1-6,10,16H,7-8H2,(H3,24,25,26,28,29)/t10-,16+/m1/s1. The van der Waals surface area contributed by atoms with Gasteiger partial charge in [0.2, 0.25) is 0 Å². The fraction of sp³-hybridized carbons (Fsp3) is 0.190. The van der Waals surface area contributed by atoms with E-state index in [1.165, 1.54) is 6.07 Å². The molecule has 2 aliphatic rings. The van der Waals surface area contributed by atoms with Crippen molar-refractivity contribution in [2.24, 2.45) is 0 Å². The highest BCUT2D eigenvalue weighted by molar-refractivity contribution is 9.10. The van der Waals surface area contributed by atoms with E-state index in [0.29, 0.717) is 29.0 Å². The number of rotatable bonds is 2. The van der Waals surface area contributed by atoms with Crippen LogP contribution < -0.4 is 16.6 Å². The van der Waals surface area contributed by atoms with Gasteiger partial charge >= 0.3 is 5.69 Å². The largest absolute Gasteiger partial charge is 0.469 e. The van der Waals surface area contributed by atoms with Crippen molar-refractivity contribution < 1.29 is 13.6 Å². The van der Waals surface area contributed by atoms with Gasteiger partial charge in [0, 0.05) is 29.5 Å². The van der Waals surface area contributed by atoms with Crippen molar-refractivity contribution in [3.8, 4) is 0 Å². The highest BCUT2D eigenvalue weighted by atomic mass is 79.9.